The second-order valence-corrected chi connectivity index (χ2v) is 14.4. The highest BCUT2D eigenvalue weighted by molar-refractivity contribution is 7.95. The molecule has 0 radical (unpaired) electrons. The lowest BCUT2D eigenvalue weighted by Gasteiger charge is -2.22. The van der Waals surface area contributed by atoms with Crippen LogP contribution in [0.15, 0.2) is 74.6 Å². The number of aliphatic hydroxyl groups is 1. The molecule has 0 saturated carbocycles. The maximum Gasteiger partial charge on any atom is 0.255 e. The van der Waals surface area contributed by atoms with Gasteiger partial charge < -0.3 is 10.0 Å². The number of thiazole rings is 1. The summed E-state index contributed by atoms with van der Waals surface area (Å²) < 4.78 is 53.9. The molecule has 1 saturated heterocycles. The Labute approximate surface area is 214 Å². The molecule has 1 amide bonds. The number of fused-ring (bicyclic) bond motifs is 1. The second kappa shape index (κ2) is 9.05. The van der Waals surface area contributed by atoms with E-state index in [1.165, 1.54) is 40.6 Å². The highest BCUT2D eigenvalue weighted by atomic mass is 32.2. The van der Waals surface area contributed by atoms with Crippen LogP contribution in [0.2, 0.25) is 0 Å². The molecule has 2 aromatic rings. The standard InChI is InChI=1S/C25H26N2O6S3/c1-15-3-5-17(6-4-15)36(32,33)21(24-26-11-13-34-24)10-14-35(30,31)20-8-7-18(22-16(2)23(20)22)27-12-9-19(28)25(27)29/h3-8,11,13,19,21,23,28H,9-10,12,14H2,1-2H3/t19?,21?,23-/m0/s1. The Morgan fingerprint density at radius 3 is 2.47 bits per heavy atom. The van der Waals surface area contributed by atoms with Crippen molar-refractivity contribution in [2.75, 3.05) is 12.3 Å². The van der Waals surface area contributed by atoms with Gasteiger partial charge in [-0.05, 0) is 50.1 Å². The molecule has 36 heavy (non-hydrogen) atoms. The van der Waals surface area contributed by atoms with E-state index in [2.05, 4.69) is 4.98 Å². The molecule has 2 unspecified atom stereocenters. The number of allylic oxidation sites excluding steroid dienone is 5. The highest BCUT2D eigenvalue weighted by Crippen LogP contribution is 2.54. The van der Waals surface area contributed by atoms with Crippen LogP contribution in [0.4, 0.5) is 0 Å². The molecular weight excluding hydrogens is 520 g/mol. The Balaban J connectivity index is 1.40. The van der Waals surface area contributed by atoms with Gasteiger partial charge in [0.1, 0.15) is 16.4 Å². The van der Waals surface area contributed by atoms with Crippen molar-refractivity contribution in [3.63, 3.8) is 0 Å². The smallest absolute Gasteiger partial charge is 0.255 e. The zero-order chi connectivity index (χ0) is 25.8. The van der Waals surface area contributed by atoms with E-state index in [4.69, 9.17) is 0 Å². The molecule has 0 bridgehead atoms. The summed E-state index contributed by atoms with van der Waals surface area (Å²) in [6.45, 7) is 4.08. The monoisotopic (exact) mass is 546 g/mol. The van der Waals surface area contributed by atoms with Crippen LogP contribution in [0.25, 0.3) is 0 Å². The number of benzene rings is 1. The maximum atomic E-state index is 13.5. The number of carbonyl (C=O) groups is 1. The number of likely N-dealkylation sites (tertiary alicyclic amines) is 1. The number of hydrogen-bond acceptors (Lipinski definition) is 8. The maximum absolute atomic E-state index is 13.5. The molecule has 1 N–H and O–H groups in total. The van der Waals surface area contributed by atoms with E-state index in [-0.39, 0.29) is 27.9 Å². The number of carbonyl (C=O) groups excluding carboxylic acids is 1. The topological polar surface area (TPSA) is 122 Å². The molecule has 2 aliphatic carbocycles. The van der Waals surface area contributed by atoms with Crippen molar-refractivity contribution >= 4 is 36.9 Å². The Morgan fingerprint density at radius 2 is 1.86 bits per heavy atom. The number of sulfone groups is 2. The molecule has 11 heteroatoms. The average molecular weight is 547 g/mol. The van der Waals surface area contributed by atoms with Gasteiger partial charge >= 0.3 is 0 Å². The van der Waals surface area contributed by atoms with Gasteiger partial charge in [-0.3, -0.25) is 4.79 Å². The summed E-state index contributed by atoms with van der Waals surface area (Å²) in [5.41, 5.74) is 3.22. The molecule has 1 aliphatic heterocycles. The lowest BCUT2D eigenvalue weighted by atomic mass is 10.1. The number of nitrogens with zero attached hydrogens (tertiary/aromatic N) is 2. The largest absolute Gasteiger partial charge is 0.383 e. The lowest BCUT2D eigenvalue weighted by molar-refractivity contribution is -0.132. The van der Waals surface area contributed by atoms with E-state index >= 15 is 0 Å². The third-order valence-electron chi connectivity index (χ3n) is 6.96. The first-order valence-electron chi connectivity index (χ1n) is 11.6. The predicted molar refractivity (Wildman–Crippen MR) is 136 cm³/mol. The minimum Gasteiger partial charge on any atom is -0.383 e. The third-order valence-corrected chi connectivity index (χ3v) is 12.0. The van der Waals surface area contributed by atoms with Crippen molar-refractivity contribution in [3.05, 3.63) is 80.3 Å². The van der Waals surface area contributed by atoms with Gasteiger partial charge in [0.05, 0.1) is 15.6 Å². The quantitative estimate of drug-likeness (QED) is 0.540. The van der Waals surface area contributed by atoms with Gasteiger partial charge in [-0.15, -0.1) is 11.3 Å². The van der Waals surface area contributed by atoms with Crippen LogP contribution >= 0.6 is 11.3 Å². The summed E-state index contributed by atoms with van der Waals surface area (Å²) in [7, 11) is -7.66. The molecule has 0 spiro atoms. The van der Waals surface area contributed by atoms with Crippen LogP contribution in [0, 0.1) is 12.8 Å². The van der Waals surface area contributed by atoms with Gasteiger partial charge in [0.2, 0.25) is 0 Å². The van der Waals surface area contributed by atoms with E-state index < -0.39 is 36.9 Å². The van der Waals surface area contributed by atoms with E-state index in [9.17, 15) is 26.7 Å². The summed E-state index contributed by atoms with van der Waals surface area (Å²) in [6, 6.07) is 6.51. The Morgan fingerprint density at radius 1 is 1.14 bits per heavy atom. The molecule has 1 aromatic heterocycles. The normalized spacial score (nSPS) is 22.9. The molecule has 3 atom stereocenters. The van der Waals surface area contributed by atoms with Gasteiger partial charge in [-0.1, -0.05) is 23.3 Å². The van der Waals surface area contributed by atoms with E-state index in [0.717, 1.165) is 16.7 Å². The zero-order valence-electron chi connectivity index (χ0n) is 19.8. The van der Waals surface area contributed by atoms with Crippen molar-refractivity contribution in [1.29, 1.82) is 0 Å². The second-order valence-electron chi connectivity index (χ2n) is 9.27. The van der Waals surface area contributed by atoms with Gasteiger partial charge in [0.25, 0.3) is 5.91 Å². The van der Waals surface area contributed by atoms with E-state index in [0.29, 0.717) is 23.7 Å². The van der Waals surface area contributed by atoms with Gasteiger partial charge in [0, 0.05) is 36.2 Å². The van der Waals surface area contributed by atoms with Crippen LogP contribution in [-0.2, 0) is 24.5 Å². The van der Waals surface area contributed by atoms with Crippen LogP contribution < -0.4 is 0 Å². The molecule has 3 aliphatic rings. The van der Waals surface area contributed by atoms with Crippen molar-refractivity contribution in [2.24, 2.45) is 5.92 Å². The summed E-state index contributed by atoms with van der Waals surface area (Å²) in [5.74, 6) is -1.14. The Bertz CT molecular complexity index is 1520. The predicted octanol–water partition coefficient (Wildman–Crippen LogP) is 3.09. The molecule has 2 heterocycles. The number of aryl methyl sites for hydroxylation is 1. The first kappa shape index (κ1) is 25.1. The minimum atomic E-state index is -3.87. The molecule has 1 aromatic carbocycles. The number of hydrogen-bond donors (Lipinski definition) is 1. The molecule has 190 valence electrons. The fourth-order valence-electron chi connectivity index (χ4n) is 4.88. The summed E-state index contributed by atoms with van der Waals surface area (Å²) >= 11 is 1.19. The minimum absolute atomic E-state index is 0.127. The summed E-state index contributed by atoms with van der Waals surface area (Å²) in [6.07, 6.45) is 3.83. The van der Waals surface area contributed by atoms with Crippen molar-refractivity contribution in [3.8, 4) is 0 Å². The van der Waals surface area contributed by atoms with Gasteiger partial charge in [-0.25, -0.2) is 21.8 Å². The van der Waals surface area contributed by atoms with Crippen LogP contribution in [-0.4, -0.2) is 56.1 Å². The average Bonchev–Trinajstić information content (AvgIpc) is 3.15. The summed E-state index contributed by atoms with van der Waals surface area (Å²) in [5, 5.41) is 10.8. The van der Waals surface area contributed by atoms with Crippen LogP contribution in [0.3, 0.4) is 0 Å². The zero-order valence-corrected chi connectivity index (χ0v) is 22.2. The van der Waals surface area contributed by atoms with E-state index in [1.807, 2.05) is 13.8 Å². The van der Waals surface area contributed by atoms with Gasteiger partial charge in [-0.2, -0.15) is 0 Å². The fraction of sp³-hybridized carbons (Fsp3) is 0.360. The Kier molecular flexibility index (Phi) is 6.30. The highest BCUT2D eigenvalue weighted by Gasteiger charge is 2.48. The lowest BCUT2D eigenvalue weighted by Crippen LogP contribution is -2.30. The SMILES string of the molecule is CC1=C2C(N3CCC(O)C3=O)=CC=C(S(=O)(=O)CCC(c3nccs3)S(=O)(=O)c3ccc(C)cc3)[C@H]12. The van der Waals surface area contributed by atoms with E-state index in [1.54, 1.807) is 23.6 Å². The number of amides is 1. The van der Waals surface area contributed by atoms with Crippen LogP contribution in [0.1, 0.15) is 35.6 Å². The van der Waals surface area contributed by atoms with Gasteiger partial charge in [0.15, 0.2) is 19.7 Å². The first-order chi connectivity index (χ1) is 17.0. The van der Waals surface area contributed by atoms with Crippen molar-refractivity contribution in [2.45, 2.75) is 42.9 Å². The number of aromatic nitrogens is 1. The van der Waals surface area contributed by atoms with Crippen LogP contribution in [0.5, 0.6) is 0 Å². The molecule has 8 nitrogen and oxygen atoms in total. The van der Waals surface area contributed by atoms with Crippen molar-refractivity contribution < 1.29 is 26.7 Å². The number of rotatable bonds is 8. The van der Waals surface area contributed by atoms with Crippen molar-refractivity contribution in [1.82, 2.24) is 9.88 Å². The molecular formula is C25H26N2O6S3. The molecule has 5 rings (SSSR count). The molecule has 1 fully saturated rings. The fourth-order valence-corrected chi connectivity index (χ4v) is 9.54. The number of aliphatic hydroxyl groups excluding tert-OH is 1. The third kappa shape index (κ3) is 4.27. The Hall–Kier alpha value is -2.60. The first-order valence-corrected chi connectivity index (χ1v) is 15.7. The summed E-state index contributed by atoms with van der Waals surface area (Å²) in [4.78, 5) is 18.3.